The number of nitriles is 1. The first-order valence-corrected chi connectivity index (χ1v) is 12.6. The highest BCUT2D eigenvalue weighted by Gasteiger charge is 2.20. The second-order valence-electron chi connectivity index (χ2n) is 9.22. The normalized spacial score (nSPS) is 17.8. The van der Waals surface area contributed by atoms with Crippen molar-refractivity contribution in [3.05, 3.63) is 60.1 Å². The van der Waals surface area contributed by atoms with Crippen LogP contribution in [0.25, 0.3) is 6.20 Å². The van der Waals surface area contributed by atoms with Crippen LogP contribution in [0, 0.1) is 11.3 Å². The molecule has 0 saturated carbocycles. The molecule has 10 nitrogen and oxygen atoms in total. The van der Waals surface area contributed by atoms with Gasteiger partial charge in [0.15, 0.2) is 5.82 Å². The highest BCUT2D eigenvalue weighted by molar-refractivity contribution is 5.62. The molecule has 3 aromatic rings. The fraction of sp³-hybridized carbons (Fsp3) is 0.370. The largest absolute Gasteiger partial charge is 0.489 e. The van der Waals surface area contributed by atoms with Crippen molar-refractivity contribution in [2.24, 2.45) is 0 Å². The molecule has 0 aliphatic carbocycles. The van der Waals surface area contributed by atoms with Gasteiger partial charge >= 0.3 is 0 Å². The number of morpholine rings is 1. The molecule has 0 unspecified atom stereocenters. The molecule has 1 N–H and O–H groups in total. The zero-order chi connectivity index (χ0) is 25.0. The Balaban J connectivity index is 1.11. The molecule has 6 rings (SSSR count). The summed E-state index contributed by atoms with van der Waals surface area (Å²) in [6.07, 6.45) is 5.58. The average molecular weight is 500 g/mol. The van der Waals surface area contributed by atoms with Crippen LogP contribution in [0.15, 0.2) is 48.7 Å². The van der Waals surface area contributed by atoms with Gasteiger partial charge in [-0.15, -0.1) is 5.10 Å². The van der Waals surface area contributed by atoms with Crippen molar-refractivity contribution >= 4 is 29.2 Å². The van der Waals surface area contributed by atoms with Gasteiger partial charge in [0.2, 0.25) is 5.95 Å². The molecule has 0 atom stereocenters. The van der Waals surface area contributed by atoms with Crippen molar-refractivity contribution in [3.63, 3.8) is 0 Å². The topological polar surface area (TPSA) is 101 Å². The quantitative estimate of drug-likeness (QED) is 0.544. The lowest BCUT2D eigenvalue weighted by atomic mass is 10.1. The zero-order valence-electron chi connectivity index (χ0n) is 20.5. The van der Waals surface area contributed by atoms with E-state index in [0.29, 0.717) is 37.0 Å². The minimum Gasteiger partial charge on any atom is -0.489 e. The number of ether oxygens (including phenoxy) is 3. The zero-order valence-corrected chi connectivity index (χ0v) is 20.5. The molecule has 0 radical (unpaired) electrons. The minimum absolute atomic E-state index is 0.0848. The summed E-state index contributed by atoms with van der Waals surface area (Å²) in [5, 5.41) is 17.6. The van der Waals surface area contributed by atoms with E-state index in [1.165, 1.54) is 5.69 Å². The number of hydrogen-bond acceptors (Lipinski definition) is 9. The molecule has 4 heterocycles. The summed E-state index contributed by atoms with van der Waals surface area (Å²) >= 11 is 0. The summed E-state index contributed by atoms with van der Waals surface area (Å²) < 4.78 is 18.7. The molecule has 2 aromatic carbocycles. The van der Waals surface area contributed by atoms with Gasteiger partial charge in [0.05, 0.1) is 38.5 Å². The third kappa shape index (κ3) is 5.23. The lowest BCUT2D eigenvalue weighted by molar-refractivity contribution is 0.0254. The molecule has 2 saturated heterocycles. The van der Waals surface area contributed by atoms with Gasteiger partial charge in [-0.3, -0.25) is 0 Å². The van der Waals surface area contributed by atoms with Crippen LogP contribution in [0.4, 0.5) is 23.0 Å². The van der Waals surface area contributed by atoms with Gasteiger partial charge in [-0.1, -0.05) is 0 Å². The fourth-order valence-corrected chi connectivity index (χ4v) is 4.73. The molecule has 3 aliphatic heterocycles. The molecule has 1 aromatic heterocycles. The summed E-state index contributed by atoms with van der Waals surface area (Å²) in [5.41, 5.74) is 3.53. The molecule has 10 heteroatoms. The van der Waals surface area contributed by atoms with Crippen molar-refractivity contribution < 1.29 is 14.2 Å². The molecule has 2 fully saturated rings. The number of hydrogen-bond donors (Lipinski definition) is 1. The maximum absolute atomic E-state index is 9.73. The molecule has 190 valence electrons. The van der Waals surface area contributed by atoms with Crippen LogP contribution in [-0.4, -0.2) is 60.4 Å². The molecule has 3 aliphatic rings. The number of fused-ring (bicyclic) bond motifs is 1. The second kappa shape index (κ2) is 10.5. The van der Waals surface area contributed by atoms with Crippen LogP contribution in [0.1, 0.15) is 24.2 Å². The summed E-state index contributed by atoms with van der Waals surface area (Å²) in [4.78, 5) is 9.06. The second-order valence-corrected chi connectivity index (χ2v) is 9.22. The first-order valence-electron chi connectivity index (χ1n) is 12.6. The Morgan fingerprint density at radius 1 is 0.946 bits per heavy atom. The van der Waals surface area contributed by atoms with Gasteiger partial charge in [0.25, 0.3) is 0 Å². The van der Waals surface area contributed by atoms with E-state index in [9.17, 15) is 5.26 Å². The van der Waals surface area contributed by atoms with E-state index < -0.39 is 0 Å². The molecule has 37 heavy (non-hydrogen) atoms. The van der Waals surface area contributed by atoms with Crippen LogP contribution in [0.2, 0.25) is 0 Å². The molecule has 0 spiro atoms. The number of rotatable bonds is 6. The Bertz CT molecular complexity index is 1300. The predicted molar refractivity (Wildman–Crippen MR) is 140 cm³/mol. The first-order chi connectivity index (χ1) is 18.2. The fourth-order valence-electron chi connectivity index (χ4n) is 4.73. The van der Waals surface area contributed by atoms with E-state index in [2.05, 4.69) is 33.5 Å². The van der Waals surface area contributed by atoms with E-state index in [0.717, 1.165) is 56.3 Å². The van der Waals surface area contributed by atoms with Crippen LogP contribution < -0.4 is 19.9 Å². The van der Waals surface area contributed by atoms with E-state index in [4.69, 9.17) is 19.2 Å². The van der Waals surface area contributed by atoms with E-state index >= 15 is 0 Å². The molecule has 0 amide bonds. The molecule has 0 bridgehead atoms. The average Bonchev–Trinajstić information content (AvgIpc) is 3.36. The van der Waals surface area contributed by atoms with E-state index in [-0.39, 0.29) is 6.10 Å². The minimum atomic E-state index is 0.0848. The lowest BCUT2D eigenvalue weighted by Crippen LogP contribution is -2.36. The third-order valence-electron chi connectivity index (χ3n) is 6.78. The van der Waals surface area contributed by atoms with Crippen molar-refractivity contribution in [3.8, 4) is 11.8 Å². The summed E-state index contributed by atoms with van der Waals surface area (Å²) in [6.45, 7) is 5.27. The van der Waals surface area contributed by atoms with E-state index in [1.54, 1.807) is 4.68 Å². The monoisotopic (exact) mass is 499 g/mol. The highest BCUT2D eigenvalue weighted by atomic mass is 16.5. The summed E-state index contributed by atoms with van der Waals surface area (Å²) in [6, 6.07) is 16.3. The van der Waals surface area contributed by atoms with Gasteiger partial charge in [-0.05, 0) is 42.5 Å². The first kappa shape index (κ1) is 23.3. The van der Waals surface area contributed by atoms with Crippen molar-refractivity contribution in [2.75, 3.05) is 54.6 Å². The van der Waals surface area contributed by atoms with Gasteiger partial charge in [0.1, 0.15) is 17.9 Å². The Hall–Kier alpha value is -4.07. The van der Waals surface area contributed by atoms with Gasteiger partial charge in [-0.2, -0.15) is 10.2 Å². The van der Waals surface area contributed by atoms with Crippen molar-refractivity contribution in [2.45, 2.75) is 25.5 Å². The van der Waals surface area contributed by atoms with Crippen molar-refractivity contribution in [1.82, 2.24) is 14.8 Å². The number of nitrogens with zero attached hydrogens (tertiary/aromatic N) is 6. The number of aromatic nitrogens is 3. The van der Waals surface area contributed by atoms with Crippen LogP contribution >= 0.6 is 0 Å². The Morgan fingerprint density at radius 3 is 2.49 bits per heavy atom. The molecular weight excluding hydrogens is 470 g/mol. The number of anilines is 4. The van der Waals surface area contributed by atoms with Gasteiger partial charge < -0.3 is 29.3 Å². The highest BCUT2D eigenvalue weighted by Crippen LogP contribution is 2.29. The van der Waals surface area contributed by atoms with Crippen molar-refractivity contribution in [1.29, 1.82) is 5.26 Å². The van der Waals surface area contributed by atoms with E-state index in [1.807, 2.05) is 47.6 Å². The van der Waals surface area contributed by atoms with Gasteiger partial charge in [-0.25, -0.2) is 4.68 Å². The Kier molecular flexibility index (Phi) is 6.62. The predicted octanol–water partition coefficient (Wildman–Crippen LogP) is 3.74. The van der Waals surface area contributed by atoms with Gasteiger partial charge in [0, 0.05) is 55.4 Å². The summed E-state index contributed by atoms with van der Waals surface area (Å²) in [7, 11) is 0. The van der Waals surface area contributed by atoms with Crippen LogP contribution in [0.3, 0.4) is 0 Å². The molecular formula is C27H29N7O3. The number of nitrogens with one attached hydrogen (secondary N) is 1. The Morgan fingerprint density at radius 2 is 1.70 bits per heavy atom. The summed E-state index contributed by atoms with van der Waals surface area (Å²) in [5.74, 6) is 1.96. The SMILES string of the molecule is N#Cc1cc(N2C=Cn3nc(Nc4ccc(N5CCOCC5)cc4)nc3C2)ccc1OC1CCOCC1. The smallest absolute Gasteiger partial charge is 0.247 e. The van der Waals surface area contributed by atoms with Crippen LogP contribution in [-0.2, 0) is 16.0 Å². The lowest BCUT2D eigenvalue weighted by Gasteiger charge is -2.28. The number of benzene rings is 2. The maximum Gasteiger partial charge on any atom is 0.247 e. The van der Waals surface area contributed by atoms with Crippen LogP contribution in [0.5, 0.6) is 5.75 Å². The standard InChI is InChI=1S/C27H29N7O3/c28-18-20-17-23(5-6-25(20)37-24-7-13-35-14-8-24)33-9-10-34-26(19-33)30-27(31-34)29-21-1-3-22(4-2-21)32-11-15-36-16-12-32/h1-6,9-10,17,24H,7-8,11-16,19H2,(H,29,31). The maximum atomic E-state index is 9.73. The Labute approximate surface area is 215 Å². The third-order valence-corrected chi connectivity index (χ3v) is 6.78.